The van der Waals surface area contributed by atoms with Gasteiger partial charge in [0.15, 0.2) is 0 Å². The van der Waals surface area contributed by atoms with Crippen molar-refractivity contribution in [1.82, 2.24) is 5.32 Å². The van der Waals surface area contributed by atoms with Gasteiger partial charge in [-0.3, -0.25) is 0 Å². The number of hydrogen-bond acceptors (Lipinski definition) is 1. The summed E-state index contributed by atoms with van der Waals surface area (Å²) in [5.41, 5.74) is 3.28. The van der Waals surface area contributed by atoms with Gasteiger partial charge in [0.2, 0.25) is 0 Å². The summed E-state index contributed by atoms with van der Waals surface area (Å²) in [7, 11) is 0. The highest BCUT2D eigenvalue weighted by atomic mass is 14.9. The fourth-order valence-electron chi connectivity index (χ4n) is 3.08. The third-order valence-corrected chi connectivity index (χ3v) is 4.07. The molecule has 1 N–H and O–H groups in total. The third kappa shape index (κ3) is 1.19. The number of fused-ring (bicyclic) bond motifs is 2. The molecule has 1 heteroatoms. The van der Waals surface area contributed by atoms with Crippen LogP contribution in [0.3, 0.4) is 0 Å². The zero-order chi connectivity index (χ0) is 10.3. The monoisotopic (exact) mass is 199 g/mol. The van der Waals surface area contributed by atoms with Crippen molar-refractivity contribution in [2.45, 2.75) is 18.8 Å². The molecular formula is C14H17N. The fourth-order valence-corrected chi connectivity index (χ4v) is 3.08. The van der Waals surface area contributed by atoms with E-state index in [0.29, 0.717) is 11.3 Å². The highest BCUT2D eigenvalue weighted by Gasteiger charge is 2.40. The van der Waals surface area contributed by atoms with E-state index in [1.54, 1.807) is 5.56 Å². The molecule has 1 aromatic rings. The van der Waals surface area contributed by atoms with Gasteiger partial charge in [-0.05, 0) is 36.6 Å². The first-order chi connectivity index (χ1) is 7.33. The first kappa shape index (κ1) is 9.17. The summed E-state index contributed by atoms with van der Waals surface area (Å²) in [6.45, 7) is 4.64. The molecule has 1 nitrogen and oxygen atoms in total. The van der Waals surface area contributed by atoms with Crippen LogP contribution in [0.15, 0.2) is 30.3 Å². The Morgan fingerprint density at radius 3 is 3.07 bits per heavy atom. The molecule has 1 unspecified atom stereocenters. The molecule has 1 aliphatic heterocycles. The smallest absolute Gasteiger partial charge is 0.0191 e. The van der Waals surface area contributed by atoms with E-state index in [-0.39, 0.29) is 0 Å². The molecule has 0 saturated carbocycles. The normalized spacial score (nSPS) is 33.3. The standard InChI is InChI=1S/C14H17N/c1-11-10-15-9-8-14(11)7-6-12-4-2-3-5-13(12)14/h2-7,11,15H,8-10H2,1H3/t11-,14?/m0/s1. The fraction of sp³-hybridized carbons (Fsp3) is 0.429. The molecule has 78 valence electrons. The number of benzene rings is 1. The molecule has 3 rings (SSSR count). The van der Waals surface area contributed by atoms with Gasteiger partial charge in [-0.25, -0.2) is 0 Å². The minimum absolute atomic E-state index is 0.321. The third-order valence-electron chi connectivity index (χ3n) is 4.07. The number of piperidine rings is 1. The molecule has 1 heterocycles. The van der Waals surface area contributed by atoms with Crippen molar-refractivity contribution in [3.05, 3.63) is 41.5 Å². The zero-order valence-corrected chi connectivity index (χ0v) is 9.16. The Kier molecular flexibility index (Phi) is 1.96. The average Bonchev–Trinajstić information content (AvgIpc) is 2.64. The highest BCUT2D eigenvalue weighted by molar-refractivity contribution is 5.65. The molecule has 1 aromatic carbocycles. The van der Waals surface area contributed by atoms with E-state index in [0.717, 1.165) is 13.1 Å². The van der Waals surface area contributed by atoms with E-state index in [1.807, 2.05) is 0 Å². The van der Waals surface area contributed by atoms with E-state index < -0.39 is 0 Å². The van der Waals surface area contributed by atoms with Crippen LogP contribution in [-0.4, -0.2) is 13.1 Å². The summed E-state index contributed by atoms with van der Waals surface area (Å²) in [6, 6.07) is 8.84. The zero-order valence-electron chi connectivity index (χ0n) is 9.16. The van der Waals surface area contributed by atoms with Crippen LogP contribution < -0.4 is 5.32 Å². The number of rotatable bonds is 0. The topological polar surface area (TPSA) is 12.0 Å². The minimum Gasteiger partial charge on any atom is -0.316 e. The predicted octanol–water partition coefficient (Wildman–Crippen LogP) is 2.58. The second-order valence-corrected chi connectivity index (χ2v) is 4.82. The van der Waals surface area contributed by atoms with Crippen molar-refractivity contribution >= 4 is 6.08 Å². The van der Waals surface area contributed by atoms with E-state index in [4.69, 9.17) is 0 Å². The van der Waals surface area contributed by atoms with Crippen LogP contribution >= 0.6 is 0 Å². The minimum atomic E-state index is 0.321. The van der Waals surface area contributed by atoms with Gasteiger partial charge in [-0.15, -0.1) is 0 Å². The van der Waals surface area contributed by atoms with Crippen LogP contribution in [0, 0.1) is 5.92 Å². The van der Waals surface area contributed by atoms with Crippen LogP contribution in [0.4, 0.5) is 0 Å². The predicted molar refractivity (Wildman–Crippen MR) is 63.8 cm³/mol. The van der Waals surface area contributed by atoms with Gasteiger partial charge in [-0.2, -0.15) is 0 Å². The molecule has 1 aliphatic carbocycles. The van der Waals surface area contributed by atoms with Gasteiger partial charge in [0.1, 0.15) is 0 Å². The van der Waals surface area contributed by atoms with Crippen LogP contribution in [0.1, 0.15) is 24.5 Å². The van der Waals surface area contributed by atoms with Gasteiger partial charge in [0.05, 0.1) is 0 Å². The SMILES string of the molecule is C[C@H]1CNCCC12C=Cc1ccccc12. The van der Waals surface area contributed by atoms with Gasteiger partial charge < -0.3 is 5.32 Å². The summed E-state index contributed by atoms with van der Waals surface area (Å²) in [5.74, 6) is 0.700. The molecule has 0 radical (unpaired) electrons. The maximum Gasteiger partial charge on any atom is 0.0191 e. The molecule has 1 spiro atoms. The molecule has 2 aliphatic rings. The molecule has 1 saturated heterocycles. The average molecular weight is 199 g/mol. The summed E-state index contributed by atoms with van der Waals surface area (Å²) >= 11 is 0. The number of nitrogens with one attached hydrogen (secondary N) is 1. The summed E-state index contributed by atoms with van der Waals surface area (Å²) in [6.07, 6.45) is 5.97. The number of allylic oxidation sites excluding steroid dienone is 1. The second-order valence-electron chi connectivity index (χ2n) is 4.82. The van der Waals surface area contributed by atoms with Gasteiger partial charge in [0, 0.05) is 5.41 Å². The molecule has 15 heavy (non-hydrogen) atoms. The van der Waals surface area contributed by atoms with Crippen LogP contribution in [-0.2, 0) is 5.41 Å². The maximum absolute atomic E-state index is 3.48. The van der Waals surface area contributed by atoms with Crippen molar-refractivity contribution in [2.75, 3.05) is 13.1 Å². The van der Waals surface area contributed by atoms with Crippen molar-refractivity contribution in [3.63, 3.8) is 0 Å². The Hall–Kier alpha value is -1.08. The largest absolute Gasteiger partial charge is 0.316 e. The highest BCUT2D eigenvalue weighted by Crippen LogP contribution is 2.45. The van der Waals surface area contributed by atoms with Crippen molar-refractivity contribution in [3.8, 4) is 0 Å². The van der Waals surface area contributed by atoms with E-state index in [1.165, 1.54) is 12.0 Å². The van der Waals surface area contributed by atoms with Crippen LogP contribution in [0.5, 0.6) is 0 Å². The Morgan fingerprint density at radius 1 is 1.33 bits per heavy atom. The molecule has 1 fully saturated rings. The Labute approximate surface area is 91.2 Å². The Morgan fingerprint density at radius 2 is 2.20 bits per heavy atom. The lowest BCUT2D eigenvalue weighted by Crippen LogP contribution is -2.44. The first-order valence-corrected chi connectivity index (χ1v) is 5.82. The number of hydrogen-bond donors (Lipinski definition) is 1. The van der Waals surface area contributed by atoms with Crippen LogP contribution in [0.25, 0.3) is 6.08 Å². The first-order valence-electron chi connectivity index (χ1n) is 5.82. The molecule has 0 aromatic heterocycles. The molecule has 0 amide bonds. The lowest BCUT2D eigenvalue weighted by atomic mass is 9.68. The Bertz CT molecular complexity index is 408. The molecule has 0 bridgehead atoms. The van der Waals surface area contributed by atoms with Crippen LogP contribution in [0.2, 0.25) is 0 Å². The van der Waals surface area contributed by atoms with Crippen molar-refractivity contribution in [2.24, 2.45) is 5.92 Å². The summed E-state index contributed by atoms with van der Waals surface area (Å²) in [5, 5.41) is 3.48. The summed E-state index contributed by atoms with van der Waals surface area (Å²) in [4.78, 5) is 0. The van der Waals surface area contributed by atoms with Crippen molar-refractivity contribution in [1.29, 1.82) is 0 Å². The molecule has 2 atom stereocenters. The lowest BCUT2D eigenvalue weighted by Gasteiger charge is -2.40. The van der Waals surface area contributed by atoms with E-state index in [9.17, 15) is 0 Å². The maximum atomic E-state index is 3.48. The summed E-state index contributed by atoms with van der Waals surface area (Å²) < 4.78 is 0. The van der Waals surface area contributed by atoms with Crippen molar-refractivity contribution < 1.29 is 0 Å². The second kappa shape index (κ2) is 3.21. The van der Waals surface area contributed by atoms with E-state index >= 15 is 0 Å². The Balaban J connectivity index is 2.11. The quantitative estimate of drug-likeness (QED) is 0.677. The molecular weight excluding hydrogens is 182 g/mol. The lowest BCUT2D eigenvalue weighted by molar-refractivity contribution is 0.274. The van der Waals surface area contributed by atoms with Gasteiger partial charge >= 0.3 is 0 Å². The van der Waals surface area contributed by atoms with Gasteiger partial charge in [-0.1, -0.05) is 43.3 Å². The van der Waals surface area contributed by atoms with Gasteiger partial charge in [0.25, 0.3) is 0 Å². The van der Waals surface area contributed by atoms with E-state index in [2.05, 4.69) is 48.7 Å².